The topological polar surface area (TPSA) is 113 Å². The maximum absolute atomic E-state index is 13.6. The van der Waals surface area contributed by atoms with E-state index in [2.05, 4.69) is 15.6 Å². The van der Waals surface area contributed by atoms with Crippen molar-refractivity contribution in [3.8, 4) is 0 Å². The van der Waals surface area contributed by atoms with Crippen LogP contribution in [0.4, 0.5) is 18.0 Å². The van der Waals surface area contributed by atoms with Crippen molar-refractivity contribution in [1.29, 1.82) is 0 Å². The maximum atomic E-state index is 13.6. The molecule has 3 heterocycles. The number of carboxylic acid groups (broad SMARTS) is 1. The number of hydrogen-bond acceptors (Lipinski definition) is 4. The minimum atomic E-state index is -4.73. The molecule has 3 amide bonds. The second kappa shape index (κ2) is 8.41. The number of nitrogens with one attached hydrogen (secondary N) is 2. The smallest absolute Gasteiger partial charge is 0.417 e. The van der Waals surface area contributed by atoms with E-state index in [1.807, 2.05) is 0 Å². The molecule has 8 nitrogen and oxygen atoms in total. The zero-order chi connectivity index (χ0) is 23.8. The SMILES string of the molecule is O=C(O)NCCCn1cc(C2=C(c3ccccc3C(F)(F)F)C(=O)NC2=O)c2cccnc21. The highest BCUT2D eigenvalue weighted by Crippen LogP contribution is 2.40. The summed E-state index contributed by atoms with van der Waals surface area (Å²) in [7, 11) is 0. The molecule has 0 aliphatic carbocycles. The number of fused-ring (bicyclic) bond motifs is 1. The van der Waals surface area contributed by atoms with Gasteiger partial charge in [-0.05, 0) is 24.6 Å². The van der Waals surface area contributed by atoms with E-state index in [1.165, 1.54) is 18.3 Å². The summed E-state index contributed by atoms with van der Waals surface area (Å²) in [5.41, 5.74) is -1.23. The third-order valence-electron chi connectivity index (χ3n) is 5.19. The molecule has 1 aromatic carbocycles. The van der Waals surface area contributed by atoms with Crippen molar-refractivity contribution >= 4 is 40.1 Å². The molecule has 2 aromatic heterocycles. The molecule has 0 saturated heterocycles. The van der Waals surface area contributed by atoms with E-state index in [-0.39, 0.29) is 23.3 Å². The highest BCUT2D eigenvalue weighted by atomic mass is 19.4. The first kappa shape index (κ1) is 22.1. The minimum Gasteiger partial charge on any atom is -0.465 e. The molecule has 1 aliphatic rings. The molecular formula is C22H17F3N4O4. The lowest BCUT2D eigenvalue weighted by molar-refractivity contribution is -0.137. The Bertz CT molecular complexity index is 1310. The lowest BCUT2D eigenvalue weighted by Crippen LogP contribution is -2.23. The number of carbonyl (C=O) groups is 3. The predicted molar refractivity (Wildman–Crippen MR) is 112 cm³/mol. The maximum Gasteiger partial charge on any atom is 0.417 e. The number of halogens is 3. The molecule has 4 rings (SSSR count). The molecule has 1 aliphatic heterocycles. The van der Waals surface area contributed by atoms with E-state index in [4.69, 9.17) is 5.11 Å². The number of nitrogens with zero attached hydrogens (tertiary/aromatic N) is 2. The summed E-state index contributed by atoms with van der Waals surface area (Å²) in [6, 6.07) is 7.86. The zero-order valence-electron chi connectivity index (χ0n) is 16.9. The van der Waals surface area contributed by atoms with Gasteiger partial charge in [0.2, 0.25) is 0 Å². The van der Waals surface area contributed by atoms with Crippen molar-refractivity contribution in [3.63, 3.8) is 0 Å². The Morgan fingerprint density at radius 3 is 2.45 bits per heavy atom. The van der Waals surface area contributed by atoms with Gasteiger partial charge in [0.1, 0.15) is 5.65 Å². The largest absolute Gasteiger partial charge is 0.465 e. The average Bonchev–Trinajstić information content (AvgIpc) is 3.26. The summed E-state index contributed by atoms with van der Waals surface area (Å²) in [6.45, 7) is 0.494. The highest BCUT2D eigenvalue weighted by molar-refractivity contribution is 6.50. The second-order valence-corrected chi connectivity index (χ2v) is 7.27. The first-order valence-corrected chi connectivity index (χ1v) is 9.86. The van der Waals surface area contributed by atoms with Crippen LogP contribution in [0.1, 0.15) is 23.1 Å². The third-order valence-corrected chi connectivity index (χ3v) is 5.19. The molecular weight excluding hydrogens is 441 g/mol. The fourth-order valence-corrected chi connectivity index (χ4v) is 3.85. The van der Waals surface area contributed by atoms with Crippen molar-refractivity contribution in [2.24, 2.45) is 0 Å². The van der Waals surface area contributed by atoms with E-state index >= 15 is 0 Å². The average molecular weight is 458 g/mol. The number of aryl methyl sites for hydroxylation is 1. The quantitative estimate of drug-likeness (QED) is 0.388. The van der Waals surface area contributed by atoms with Gasteiger partial charge < -0.3 is 15.0 Å². The minimum absolute atomic E-state index is 0.169. The fourth-order valence-electron chi connectivity index (χ4n) is 3.85. The van der Waals surface area contributed by atoms with Crippen LogP contribution < -0.4 is 10.6 Å². The number of carbonyl (C=O) groups excluding carboxylic acids is 2. The number of aromatic nitrogens is 2. The lowest BCUT2D eigenvalue weighted by atomic mass is 9.93. The van der Waals surface area contributed by atoms with Crippen LogP contribution in [-0.4, -0.2) is 39.1 Å². The van der Waals surface area contributed by atoms with Gasteiger partial charge >= 0.3 is 12.3 Å². The molecule has 33 heavy (non-hydrogen) atoms. The Hall–Kier alpha value is -4.15. The van der Waals surface area contributed by atoms with E-state index in [1.54, 1.807) is 22.9 Å². The normalized spacial score (nSPS) is 14.2. The number of benzene rings is 1. The molecule has 0 unspecified atom stereocenters. The first-order chi connectivity index (χ1) is 15.7. The number of amides is 3. The zero-order valence-corrected chi connectivity index (χ0v) is 16.9. The third kappa shape index (κ3) is 4.16. The van der Waals surface area contributed by atoms with Gasteiger partial charge in [0.15, 0.2) is 0 Å². The van der Waals surface area contributed by atoms with Crippen molar-refractivity contribution < 1.29 is 32.7 Å². The summed E-state index contributed by atoms with van der Waals surface area (Å²) < 4.78 is 42.6. The molecule has 0 spiro atoms. The number of pyridine rings is 1. The molecule has 11 heteroatoms. The van der Waals surface area contributed by atoms with Gasteiger partial charge in [0, 0.05) is 42.0 Å². The fraction of sp³-hybridized carbons (Fsp3) is 0.182. The van der Waals surface area contributed by atoms with Gasteiger partial charge in [0.05, 0.1) is 16.7 Å². The Morgan fingerprint density at radius 1 is 1.06 bits per heavy atom. The standard InChI is InChI=1S/C22H17F3N4O4/c23-22(24,25)15-7-2-1-5-13(15)16-17(20(31)28-19(16)30)14-11-29(10-4-9-27-21(32)33)18-12(14)6-3-8-26-18/h1-3,5-8,11,27H,4,9-10H2,(H,32,33)(H,28,30,31). The van der Waals surface area contributed by atoms with E-state index in [0.29, 0.717) is 24.0 Å². The first-order valence-electron chi connectivity index (χ1n) is 9.86. The van der Waals surface area contributed by atoms with Gasteiger partial charge in [-0.2, -0.15) is 13.2 Å². The van der Waals surface area contributed by atoms with Crippen LogP contribution in [0.25, 0.3) is 22.2 Å². The van der Waals surface area contributed by atoms with Crippen LogP contribution in [0, 0.1) is 0 Å². The van der Waals surface area contributed by atoms with Crippen LogP contribution in [0.2, 0.25) is 0 Å². The van der Waals surface area contributed by atoms with E-state index in [9.17, 15) is 27.6 Å². The summed E-state index contributed by atoms with van der Waals surface area (Å²) in [4.78, 5) is 40.3. The van der Waals surface area contributed by atoms with Crippen LogP contribution in [0.3, 0.4) is 0 Å². The van der Waals surface area contributed by atoms with Crippen molar-refractivity contribution in [1.82, 2.24) is 20.2 Å². The van der Waals surface area contributed by atoms with E-state index in [0.717, 1.165) is 12.1 Å². The number of imide groups is 1. The van der Waals surface area contributed by atoms with Gasteiger partial charge in [-0.3, -0.25) is 14.9 Å². The summed E-state index contributed by atoms with van der Waals surface area (Å²) >= 11 is 0. The number of rotatable bonds is 6. The Morgan fingerprint density at radius 2 is 1.76 bits per heavy atom. The molecule has 0 radical (unpaired) electrons. The van der Waals surface area contributed by atoms with Gasteiger partial charge in [0.25, 0.3) is 11.8 Å². The van der Waals surface area contributed by atoms with Crippen LogP contribution in [0.15, 0.2) is 48.8 Å². The van der Waals surface area contributed by atoms with Gasteiger partial charge in [-0.15, -0.1) is 0 Å². The second-order valence-electron chi connectivity index (χ2n) is 7.27. The van der Waals surface area contributed by atoms with Gasteiger partial charge in [-0.25, -0.2) is 9.78 Å². The molecule has 0 bridgehead atoms. The number of hydrogen-bond donors (Lipinski definition) is 3. The predicted octanol–water partition coefficient (Wildman–Crippen LogP) is 3.28. The van der Waals surface area contributed by atoms with Crippen molar-refractivity contribution in [3.05, 3.63) is 65.5 Å². The van der Waals surface area contributed by atoms with Crippen molar-refractivity contribution in [2.45, 2.75) is 19.1 Å². The molecule has 0 atom stereocenters. The molecule has 0 saturated carbocycles. The van der Waals surface area contributed by atoms with Crippen molar-refractivity contribution in [2.75, 3.05) is 6.54 Å². The molecule has 3 aromatic rings. The molecule has 3 N–H and O–H groups in total. The lowest BCUT2D eigenvalue weighted by Gasteiger charge is -2.13. The van der Waals surface area contributed by atoms with Crippen LogP contribution >= 0.6 is 0 Å². The monoisotopic (exact) mass is 458 g/mol. The Balaban J connectivity index is 1.88. The number of alkyl halides is 3. The summed E-state index contributed by atoms with van der Waals surface area (Å²) in [5, 5.41) is 13.5. The van der Waals surface area contributed by atoms with E-state index < -0.39 is 35.2 Å². The Kier molecular flexibility index (Phi) is 5.62. The van der Waals surface area contributed by atoms with Crippen LogP contribution in [-0.2, 0) is 22.3 Å². The summed E-state index contributed by atoms with van der Waals surface area (Å²) in [5.74, 6) is -1.72. The van der Waals surface area contributed by atoms with Gasteiger partial charge in [-0.1, -0.05) is 18.2 Å². The Labute approximate surface area is 184 Å². The highest BCUT2D eigenvalue weighted by Gasteiger charge is 2.40. The van der Waals surface area contributed by atoms with Crippen LogP contribution in [0.5, 0.6) is 0 Å². The summed E-state index contributed by atoms with van der Waals surface area (Å²) in [6.07, 6.45) is -2.42. The molecule has 170 valence electrons. The molecule has 0 fully saturated rings.